The molecular weight excluding hydrogens is 238 g/mol. The fourth-order valence-electron chi connectivity index (χ4n) is 3.42. The minimum atomic E-state index is 0.322. The second kappa shape index (κ2) is 6.23. The zero-order chi connectivity index (χ0) is 13.1. The third-order valence-corrected chi connectivity index (χ3v) is 4.77. The van der Waals surface area contributed by atoms with Crippen molar-refractivity contribution in [1.82, 2.24) is 15.1 Å². The number of hydrogen-bond donors (Lipinski definition) is 1. The first-order valence-corrected chi connectivity index (χ1v) is 8.05. The summed E-state index contributed by atoms with van der Waals surface area (Å²) in [4.78, 5) is 16.9. The second-order valence-corrected chi connectivity index (χ2v) is 6.47. The van der Waals surface area contributed by atoms with Crippen molar-refractivity contribution < 1.29 is 4.79 Å². The van der Waals surface area contributed by atoms with E-state index in [4.69, 9.17) is 0 Å². The number of rotatable bonds is 6. The van der Waals surface area contributed by atoms with Gasteiger partial charge < -0.3 is 15.1 Å². The van der Waals surface area contributed by atoms with E-state index in [9.17, 15) is 4.79 Å². The van der Waals surface area contributed by atoms with Crippen LogP contribution in [0.15, 0.2) is 0 Å². The Bertz CT molecular complexity index is 311. The highest BCUT2D eigenvalue weighted by atomic mass is 16.2. The molecule has 4 heteroatoms. The van der Waals surface area contributed by atoms with Crippen molar-refractivity contribution in [2.24, 2.45) is 5.92 Å². The van der Waals surface area contributed by atoms with Crippen LogP contribution < -0.4 is 5.32 Å². The molecule has 3 rings (SSSR count). The molecule has 1 atom stereocenters. The molecule has 2 aliphatic heterocycles. The number of carbonyl (C=O) groups excluding carboxylic acids is 1. The lowest BCUT2D eigenvalue weighted by atomic mass is 10.2. The lowest BCUT2D eigenvalue weighted by Crippen LogP contribution is -2.45. The Hall–Kier alpha value is -0.610. The molecule has 1 N–H and O–H groups in total. The standard InChI is InChI=1S/C15H27N3O/c19-15(11-16-10-13-5-6-13)18-9-3-4-14(18)12-17-7-1-2-8-17/h13-14,16H,1-12H2. The molecular formula is C15H27N3O. The summed E-state index contributed by atoms with van der Waals surface area (Å²) in [5.41, 5.74) is 0. The van der Waals surface area contributed by atoms with E-state index in [1.807, 2.05) is 0 Å². The average Bonchev–Trinajstić information content (AvgIpc) is 2.91. The zero-order valence-electron chi connectivity index (χ0n) is 11.9. The van der Waals surface area contributed by atoms with Crippen LogP contribution in [0.5, 0.6) is 0 Å². The largest absolute Gasteiger partial charge is 0.337 e. The zero-order valence-corrected chi connectivity index (χ0v) is 11.9. The molecule has 3 aliphatic rings. The first-order chi connectivity index (χ1) is 9.33. The van der Waals surface area contributed by atoms with Gasteiger partial charge in [-0.1, -0.05) is 0 Å². The van der Waals surface area contributed by atoms with Gasteiger partial charge in [-0.2, -0.15) is 0 Å². The van der Waals surface area contributed by atoms with E-state index in [1.165, 1.54) is 51.6 Å². The minimum Gasteiger partial charge on any atom is -0.337 e. The number of hydrogen-bond acceptors (Lipinski definition) is 3. The molecule has 108 valence electrons. The van der Waals surface area contributed by atoms with Crippen LogP contribution in [0.25, 0.3) is 0 Å². The molecule has 3 fully saturated rings. The van der Waals surface area contributed by atoms with Gasteiger partial charge in [0.1, 0.15) is 0 Å². The number of nitrogens with zero attached hydrogens (tertiary/aromatic N) is 2. The smallest absolute Gasteiger partial charge is 0.236 e. The summed E-state index contributed by atoms with van der Waals surface area (Å²) in [6.45, 7) is 6.14. The topological polar surface area (TPSA) is 35.6 Å². The molecule has 0 radical (unpaired) electrons. The Morgan fingerprint density at radius 1 is 1.05 bits per heavy atom. The molecule has 0 bridgehead atoms. The summed E-state index contributed by atoms with van der Waals surface area (Å²) in [7, 11) is 0. The van der Waals surface area contributed by atoms with Crippen LogP contribution in [-0.2, 0) is 4.79 Å². The summed E-state index contributed by atoms with van der Waals surface area (Å²) < 4.78 is 0. The van der Waals surface area contributed by atoms with Gasteiger partial charge in [-0.05, 0) is 64.1 Å². The Kier molecular flexibility index (Phi) is 4.38. The fourth-order valence-corrected chi connectivity index (χ4v) is 3.42. The molecule has 1 amide bonds. The molecule has 1 aliphatic carbocycles. The summed E-state index contributed by atoms with van der Waals surface area (Å²) in [6.07, 6.45) is 7.76. The Labute approximate surface area is 116 Å². The van der Waals surface area contributed by atoms with Crippen LogP contribution >= 0.6 is 0 Å². The van der Waals surface area contributed by atoms with Gasteiger partial charge in [0.15, 0.2) is 0 Å². The molecule has 2 saturated heterocycles. The van der Waals surface area contributed by atoms with Crippen LogP contribution in [0, 0.1) is 5.92 Å². The third-order valence-electron chi connectivity index (χ3n) is 4.77. The molecule has 0 aromatic carbocycles. The highest BCUT2D eigenvalue weighted by Gasteiger charge is 2.30. The molecule has 19 heavy (non-hydrogen) atoms. The van der Waals surface area contributed by atoms with Crippen LogP contribution in [0.4, 0.5) is 0 Å². The normalized spacial score (nSPS) is 28.2. The number of carbonyl (C=O) groups is 1. The maximum Gasteiger partial charge on any atom is 0.236 e. The Morgan fingerprint density at radius 3 is 2.58 bits per heavy atom. The quantitative estimate of drug-likeness (QED) is 0.780. The van der Waals surface area contributed by atoms with Crippen LogP contribution in [-0.4, -0.2) is 61.0 Å². The summed E-state index contributed by atoms with van der Waals surface area (Å²) in [5, 5.41) is 3.33. The predicted octanol–water partition coefficient (Wildman–Crippen LogP) is 1.07. The van der Waals surface area contributed by atoms with Crippen LogP contribution in [0.1, 0.15) is 38.5 Å². The van der Waals surface area contributed by atoms with E-state index in [0.29, 0.717) is 18.5 Å². The molecule has 1 saturated carbocycles. The molecule has 0 spiro atoms. The fraction of sp³-hybridized carbons (Fsp3) is 0.933. The predicted molar refractivity (Wildman–Crippen MR) is 76.0 cm³/mol. The molecule has 0 aromatic rings. The SMILES string of the molecule is O=C(CNCC1CC1)N1CCCC1CN1CCCC1. The maximum absolute atomic E-state index is 12.3. The number of nitrogens with one attached hydrogen (secondary N) is 1. The van der Waals surface area contributed by atoms with Gasteiger partial charge in [0, 0.05) is 19.1 Å². The van der Waals surface area contributed by atoms with E-state index in [-0.39, 0.29) is 0 Å². The minimum absolute atomic E-state index is 0.322. The van der Waals surface area contributed by atoms with Gasteiger partial charge in [-0.3, -0.25) is 4.79 Å². The average molecular weight is 265 g/mol. The van der Waals surface area contributed by atoms with Gasteiger partial charge in [0.2, 0.25) is 5.91 Å². The number of likely N-dealkylation sites (tertiary alicyclic amines) is 2. The summed E-state index contributed by atoms with van der Waals surface area (Å²) >= 11 is 0. The highest BCUT2D eigenvalue weighted by Crippen LogP contribution is 2.27. The second-order valence-electron chi connectivity index (χ2n) is 6.47. The molecule has 0 aromatic heterocycles. The van der Waals surface area contributed by atoms with Crippen molar-refractivity contribution in [3.63, 3.8) is 0 Å². The van der Waals surface area contributed by atoms with Crippen LogP contribution in [0.3, 0.4) is 0 Å². The Balaban J connectivity index is 1.42. The lowest BCUT2D eigenvalue weighted by Gasteiger charge is -2.28. The van der Waals surface area contributed by atoms with Crippen molar-refractivity contribution in [3.05, 3.63) is 0 Å². The molecule has 4 nitrogen and oxygen atoms in total. The van der Waals surface area contributed by atoms with Gasteiger partial charge in [0.05, 0.1) is 6.54 Å². The monoisotopic (exact) mass is 265 g/mol. The summed E-state index contributed by atoms with van der Waals surface area (Å²) in [5.74, 6) is 1.18. The van der Waals surface area contributed by atoms with E-state index in [1.54, 1.807) is 0 Å². The Morgan fingerprint density at radius 2 is 1.84 bits per heavy atom. The van der Waals surface area contributed by atoms with Gasteiger partial charge in [-0.25, -0.2) is 0 Å². The van der Waals surface area contributed by atoms with E-state index in [2.05, 4.69) is 15.1 Å². The summed E-state index contributed by atoms with van der Waals surface area (Å²) in [6, 6.07) is 0.480. The molecule has 1 unspecified atom stereocenters. The van der Waals surface area contributed by atoms with Crippen molar-refractivity contribution in [1.29, 1.82) is 0 Å². The number of amides is 1. The van der Waals surface area contributed by atoms with Crippen molar-refractivity contribution >= 4 is 5.91 Å². The van der Waals surface area contributed by atoms with E-state index in [0.717, 1.165) is 25.6 Å². The maximum atomic E-state index is 12.3. The first kappa shape index (κ1) is 13.4. The van der Waals surface area contributed by atoms with Gasteiger partial charge in [0.25, 0.3) is 0 Å². The van der Waals surface area contributed by atoms with Gasteiger partial charge in [-0.15, -0.1) is 0 Å². The third kappa shape index (κ3) is 3.69. The lowest BCUT2D eigenvalue weighted by molar-refractivity contribution is -0.131. The van der Waals surface area contributed by atoms with Crippen molar-refractivity contribution in [2.75, 3.05) is 39.3 Å². The van der Waals surface area contributed by atoms with Crippen molar-refractivity contribution in [2.45, 2.75) is 44.6 Å². The highest BCUT2D eigenvalue weighted by molar-refractivity contribution is 5.78. The van der Waals surface area contributed by atoms with Gasteiger partial charge >= 0.3 is 0 Å². The van der Waals surface area contributed by atoms with E-state index >= 15 is 0 Å². The van der Waals surface area contributed by atoms with Crippen LogP contribution in [0.2, 0.25) is 0 Å². The van der Waals surface area contributed by atoms with Crippen molar-refractivity contribution in [3.8, 4) is 0 Å². The first-order valence-electron chi connectivity index (χ1n) is 8.05. The van der Waals surface area contributed by atoms with E-state index < -0.39 is 0 Å². The molecule has 2 heterocycles.